The van der Waals surface area contributed by atoms with Gasteiger partial charge < -0.3 is 4.57 Å². The molecule has 1 heterocycles. The first-order valence-corrected chi connectivity index (χ1v) is 6.87. The molecule has 3 heteroatoms. The molecule has 0 spiro atoms. The lowest BCUT2D eigenvalue weighted by Crippen LogP contribution is -2.12. The molecule has 2 nitrogen and oxygen atoms in total. The van der Waals surface area contributed by atoms with Crippen LogP contribution in [0.3, 0.4) is 0 Å². The van der Waals surface area contributed by atoms with Gasteiger partial charge in [-0.1, -0.05) is 30.3 Å². The number of thiazole rings is 1. The van der Waals surface area contributed by atoms with Crippen molar-refractivity contribution in [3.63, 3.8) is 0 Å². The number of aryl methyl sites for hydroxylation is 1. The molecular weight excluding hydrogens is 240 g/mol. The van der Waals surface area contributed by atoms with E-state index in [1.807, 2.05) is 7.05 Å². The molecule has 0 atom stereocenters. The molecule has 0 aliphatic rings. The summed E-state index contributed by atoms with van der Waals surface area (Å²) in [4.78, 5) is 5.32. The molecule has 0 fully saturated rings. The van der Waals surface area contributed by atoms with E-state index in [9.17, 15) is 0 Å². The number of hydrogen-bond donors (Lipinski definition) is 0. The standard InChI is InChI=1S/C15H18N2S/c1-5-12(13-9-7-6-8-11(13)2)14-10-18-15(16-3)17(14)4/h5-10H,1-4H3. The van der Waals surface area contributed by atoms with E-state index >= 15 is 0 Å². The molecular formula is C15H18N2S. The number of rotatable bonds is 2. The molecule has 0 N–H and O–H groups in total. The monoisotopic (exact) mass is 258 g/mol. The summed E-state index contributed by atoms with van der Waals surface area (Å²) >= 11 is 1.68. The van der Waals surface area contributed by atoms with Crippen molar-refractivity contribution in [1.29, 1.82) is 0 Å². The highest BCUT2D eigenvalue weighted by Gasteiger charge is 2.10. The summed E-state index contributed by atoms with van der Waals surface area (Å²) in [6, 6.07) is 8.48. The smallest absolute Gasteiger partial charge is 0.184 e. The summed E-state index contributed by atoms with van der Waals surface area (Å²) in [5, 5.41) is 2.17. The van der Waals surface area contributed by atoms with Gasteiger partial charge in [-0.3, -0.25) is 4.99 Å². The average Bonchev–Trinajstić information content (AvgIpc) is 2.74. The molecule has 1 aromatic carbocycles. The fourth-order valence-corrected chi connectivity index (χ4v) is 3.00. The van der Waals surface area contributed by atoms with E-state index in [0.29, 0.717) is 0 Å². The number of benzene rings is 1. The third-order valence-corrected chi connectivity index (χ3v) is 4.12. The summed E-state index contributed by atoms with van der Waals surface area (Å²) in [5.41, 5.74) is 5.07. The van der Waals surface area contributed by atoms with Crippen LogP contribution in [-0.2, 0) is 7.05 Å². The molecule has 0 amide bonds. The maximum atomic E-state index is 4.28. The Bertz CT molecular complexity index is 645. The summed E-state index contributed by atoms with van der Waals surface area (Å²) in [7, 11) is 3.90. The fraction of sp³-hybridized carbons (Fsp3) is 0.267. The van der Waals surface area contributed by atoms with Crippen molar-refractivity contribution >= 4 is 16.9 Å². The normalized spacial score (nSPS) is 13.1. The molecule has 2 rings (SSSR count). The van der Waals surface area contributed by atoms with Crippen LogP contribution in [-0.4, -0.2) is 11.6 Å². The molecule has 2 aromatic rings. The van der Waals surface area contributed by atoms with Crippen molar-refractivity contribution < 1.29 is 0 Å². The fourth-order valence-electron chi connectivity index (χ4n) is 2.13. The highest BCUT2D eigenvalue weighted by molar-refractivity contribution is 7.07. The molecule has 0 radical (unpaired) electrons. The van der Waals surface area contributed by atoms with E-state index in [1.165, 1.54) is 22.4 Å². The lowest BCUT2D eigenvalue weighted by atomic mass is 9.98. The number of aromatic nitrogens is 1. The first kappa shape index (κ1) is 12.8. The van der Waals surface area contributed by atoms with E-state index < -0.39 is 0 Å². The quantitative estimate of drug-likeness (QED) is 0.786. The summed E-state index contributed by atoms with van der Waals surface area (Å²) in [5.74, 6) is 0. The highest BCUT2D eigenvalue weighted by Crippen LogP contribution is 2.25. The van der Waals surface area contributed by atoms with Crippen LogP contribution >= 0.6 is 11.3 Å². The molecule has 1 aromatic heterocycles. The lowest BCUT2D eigenvalue weighted by molar-refractivity contribution is 0.851. The molecule has 0 unspecified atom stereocenters. The molecule has 94 valence electrons. The van der Waals surface area contributed by atoms with E-state index in [2.05, 4.69) is 66.2 Å². The summed E-state index contributed by atoms with van der Waals surface area (Å²) in [6.07, 6.45) is 2.17. The van der Waals surface area contributed by atoms with Gasteiger partial charge in [0, 0.05) is 25.0 Å². The van der Waals surface area contributed by atoms with Crippen LogP contribution in [0.5, 0.6) is 0 Å². The third-order valence-electron chi connectivity index (χ3n) is 3.12. The Labute approximate surface area is 112 Å². The van der Waals surface area contributed by atoms with Crippen LogP contribution in [0.15, 0.2) is 40.7 Å². The van der Waals surface area contributed by atoms with Gasteiger partial charge in [0.05, 0.1) is 5.69 Å². The van der Waals surface area contributed by atoms with Crippen LogP contribution in [0.25, 0.3) is 5.57 Å². The van der Waals surface area contributed by atoms with Crippen LogP contribution in [0.2, 0.25) is 0 Å². The van der Waals surface area contributed by atoms with Crippen molar-refractivity contribution in [1.82, 2.24) is 4.57 Å². The van der Waals surface area contributed by atoms with E-state index in [-0.39, 0.29) is 0 Å². The first-order chi connectivity index (χ1) is 8.69. The Morgan fingerprint density at radius 1 is 1.33 bits per heavy atom. The maximum Gasteiger partial charge on any atom is 0.184 e. The second kappa shape index (κ2) is 5.36. The van der Waals surface area contributed by atoms with Gasteiger partial charge in [0.15, 0.2) is 4.80 Å². The zero-order valence-electron chi connectivity index (χ0n) is 11.3. The van der Waals surface area contributed by atoms with Gasteiger partial charge in [0.1, 0.15) is 0 Å². The predicted molar refractivity (Wildman–Crippen MR) is 78.7 cm³/mol. The highest BCUT2D eigenvalue weighted by atomic mass is 32.1. The Morgan fingerprint density at radius 3 is 2.61 bits per heavy atom. The van der Waals surface area contributed by atoms with Crippen LogP contribution in [0.4, 0.5) is 0 Å². The molecule has 0 bridgehead atoms. The van der Waals surface area contributed by atoms with Crippen molar-refractivity contribution in [2.45, 2.75) is 13.8 Å². The number of nitrogens with zero attached hydrogens (tertiary/aromatic N) is 2. The van der Waals surface area contributed by atoms with Gasteiger partial charge in [0.2, 0.25) is 0 Å². The third kappa shape index (κ3) is 2.18. The minimum atomic E-state index is 1.04. The van der Waals surface area contributed by atoms with E-state index in [1.54, 1.807) is 11.3 Å². The SMILES string of the molecule is CC=C(c1ccccc1C)c1csc(=NC)n1C. The minimum Gasteiger partial charge on any atom is -0.320 e. The lowest BCUT2D eigenvalue weighted by Gasteiger charge is -2.11. The Hall–Kier alpha value is -1.61. The average molecular weight is 258 g/mol. The second-order valence-corrected chi connectivity index (χ2v) is 5.04. The predicted octanol–water partition coefficient (Wildman–Crippen LogP) is 3.38. The van der Waals surface area contributed by atoms with Crippen molar-refractivity contribution in [2.24, 2.45) is 12.0 Å². The topological polar surface area (TPSA) is 17.3 Å². The largest absolute Gasteiger partial charge is 0.320 e. The van der Waals surface area contributed by atoms with Crippen LogP contribution in [0.1, 0.15) is 23.7 Å². The van der Waals surface area contributed by atoms with Gasteiger partial charge in [-0.25, -0.2) is 0 Å². The second-order valence-electron chi connectivity index (χ2n) is 4.20. The van der Waals surface area contributed by atoms with Crippen LogP contribution < -0.4 is 4.80 Å². The van der Waals surface area contributed by atoms with Crippen molar-refractivity contribution in [3.05, 3.63) is 57.3 Å². The molecule has 0 aliphatic carbocycles. The molecule has 18 heavy (non-hydrogen) atoms. The van der Waals surface area contributed by atoms with Gasteiger partial charge in [0.25, 0.3) is 0 Å². The Morgan fingerprint density at radius 2 is 2.06 bits per heavy atom. The molecule has 0 aliphatic heterocycles. The van der Waals surface area contributed by atoms with Crippen molar-refractivity contribution in [3.8, 4) is 0 Å². The van der Waals surface area contributed by atoms with Crippen molar-refractivity contribution in [2.75, 3.05) is 7.05 Å². The Balaban J connectivity index is 2.61. The van der Waals surface area contributed by atoms with Gasteiger partial charge in [-0.2, -0.15) is 0 Å². The zero-order chi connectivity index (χ0) is 13.1. The molecule has 0 saturated carbocycles. The zero-order valence-corrected chi connectivity index (χ0v) is 12.1. The summed E-state index contributed by atoms with van der Waals surface area (Å²) < 4.78 is 2.15. The van der Waals surface area contributed by atoms with Gasteiger partial charge in [-0.15, -0.1) is 11.3 Å². The van der Waals surface area contributed by atoms with Gasteiger partial charge in [-0.05, 0) is 25.0 Å². The maximum absolute atomic E-state index is 4.28. The Kier molecular flexibility index (Phi) is 3.82. The van der Waals surface area contributed by atoms with E-state index in [4.69, 9.17) is 0 Å². The number of allylic oxidation sites excluding steroid dienone is 1. The van der Waals surface area contributed by atoms with E-state index in [0.717, 1.165) is 4.80 Å². The van der Waals surface area contributed by atoms with Crippen LogP contribution in [0, 0.1) is 6.92 Å². The minimum absolute atomic E-state index is 1.04. The number of hydrogen-bond acceptors (Lipinski definition) is 2. The van der Waals surface area contributed by atoms with Gasteiger partial charge >= 0.3 is 0 Å². The first-order valence-electron chi connectivity index (χ1n) is 5.99. The summed E-state index contributed by atoms with van der Waals surface area (Å²) in [6.45, 7) is 4.23. The molecule has 0 saturated heterocycles.